The molecule has 0 saturated carbocycles. The van der Waals surface area contributed by atoms with Gasteiger partial charge in [0.05, 0.1) is 12.2 Å². The largest absolute Gasteiger partial charge is 0.384 e. The Hall–Kier alpha value is -1.12. The third-order valence-corrected chi connectivity index (χ3v) is 2.11. The lowest BCUT2D eigenvalue weighted by Crippen LogP contribution is -2.08. The molecule has 0 saturated heterocycles. The molecular weight excluding hydrogens is 152 g/mol. The normalized spacial score (nSPS) is 26.8. The summed E-state index contributed by atoms with van der Waals surface area (Å²) < 4.78 is 0. The van der Waals surface area contributed by atoms with Crippen LogP contribution in [0.4, 0.5) is 0 Å². The summed E-state index contributed by atoms with van der Waals surface area (Å²) in [4.78, 5) is 0. The van der Waals surface area contributed by atoms with Crippen molar-refractivity contribution in [2.75, 3.05) is 0 Å². The summed E-state index contributed by atoms with van der Waals surface area (Å²) in [6.45, 7) is 0. The van der Waals surface area contributed by atoms with Crippen molar-refractivity contribution < 1.29 is 10.2 Å². The standard InChI is InChI=1S/C10H10O2/c11-9-5-6-10(12)8-4-2-1-3-7(8)9/h1-6,9-12H. The molecular formula is C10H10O2. The predicted molar refractivity (Wildman–Crippen MR) is 45.5 cm³/mol. The summed E-state index contributed by atoms with van der Waals surface area (Å²) in [6.07, 6.45) is 2.08. The van der Waals surface area contributed by atoms with Crippen LogP contribution in [0.1, 0.15) is 23.3 Å². The van der Waals surface area contributed by atoms with Crippen molar-refractivity contribution in [3.63, 3.8) is 0 Å². The number of hydrogen-bond acceptors (Lipinski definition) is 2. The zero-order valence-corrected chi connectivity index (χ0v) is 6.51. The number of hydrogen-bond donors (Lipinski definition) is 2. The molecule has 2 unspecified atom stereocenters. The maximum absolute atomic E-state index is 9.48. The Morgan fingerprint density at radius 2 is 1.25 bits per heavy atom. The van der Waals surface area contributed by atoms with E-state index >= 15 is 0 Å². The van der Waals surface area contributed by atoms with E-state index in [-0.39, 0.29) is 0 Å². The molecule has 2 nitrogen and oxygen atoms in total. The van der Waals surface area contributed by atoms with E-state index in [0.717, 1.165) is 11.1 Å². The van der Waals surface area contributed by atoms with Gasteiger partial charge in [0.15, 0.2) is 0 Å². The molecule has 0 radical (unpaired) electrons. The van der Waals surface area contributed by atoms with Crippen LogP contribution < -0.4 is 0 Å². The molecule has 62 valence electrons. The Labute approximate surface area is 70.8 Å². The van der Waals surface area contributed by atoms with Crippen LogP contribution in [-0.4, -0.2) is 10.2 Å². The van der Waals surface area contributed by atoms with Crippen molar-refractivity contribution in [1.29, 1.82) is 0 Å². The average Bonchev–Trinajstić information content (AvgIpc) is 2.12. The number of benzene rings is 1. The highest BCUT2D eigenvalue weighted by atomic mass is 16.3. The molecule has 0 fully saturated rings. The monoisotopic (exact) mass is 162 g/mol. The van der Waals surface area contributed by atoms with Gasteiger partial charge in [-0.3, -0.25) is 0 Å². The minimum absolute atomic E-state index is 0.565. The third-order valence-electron chi connectivity index (χ3n) is 2.11. The molecule has 0 aromatic heterocycles. The first-order chi connectivity index (χ1) is 5.79. The Morgan fingerprint density at radius 3 is 1.67 bits per heavy atom. The summed E-state index contributed by atoms with van der Waals surface area (Å²) in [5, 5.41) is 19.0. The van der Waals surface area contributed by atoms with Crippen molar-refractivity contribution in [2.45, 2.75) is 12.2 Å². The first kappa shape index (κ1) is 7.53. The minimum atomic E-state index is -0.565. The van der Waals surface area contributed by atoms with E-state index in [2.05, 4.69) is 0 Å². The molecule has 1 aliphatic rings. The molecule has 1 aliphatic carbocycles. The smallest absolute Gasteiger partial charge is 0.0976 e. The molecule has 1 aromatic carbocycles. The number of rotatable bonds is 0. The summed E-state index contributed by atoms with van der Waals surface area (Å²) in [5.74, 6) is 0. The van der Waals surface area contributed by atoms with Crippen molar-refractivity contribution in [3.8, 4) is 0 Å². The van der Waals surface area contributed by atoms with E-state index in [1.807, 2.05) is 24.3 Å². The van der Waals surface area contributed by atoms with Gasteiger partial charge in [0.2, 0.25) is 0 Å². The molecule has 2 rings (SSSR count). The van der Waals surface area contributed by atoms with Crippen molar-refractivity contribution in [3.05, 3.63) is 47.5 Å². The van der Waals surface area contributed by atoms with Gasteiger partial charge in [0.1, 0.15) is 0 Å². The van der Waals surface area contributed by atoms with Gasteiger partial charge in [0, 0.05) is 0 Å². The third kappa shape index (κ3) is 1.05. The number of aliphatic hydroxyl groups excluding tert-OH is 2. The second-order valence-corrected chi connectivity index (χ2v) is 2.90. The molecule has 0 bridgehead atoms. The number of aliphatic hydroxyl groups is 2. The number of fused-ring (bicyclic) bond motifs is 1. The Kier molecular flexibility index (Phi) is 1.71. The lowest BCUT2D eigenvalue weighted by atomic mass is 9.93. The average molecular weight is 162 g/mol. The fraction of sp³-hybridized carbons (Fsp3) is 0.200. The maximum Gasteiger partial charge on any atom is 0.0976 e. The second-order valence-electron chi connectivity index (χ2n) is 2.90. The topological polar surface area (TPSA) is 40.5 Å². The van der Waals surface area contributed by atoms with Gasteiger partial charge in [-0.05, 0) is 11.1 Å². The molecule has 0 amide bonds. The van der Waals surface area contributed by atoms with E-state index < -0.39 is 12.2 Å². The fourth-order valence-corrected chi connectivity index (χ4v) is 1.47. The zero-order chi connectivity index (χ0) is 8.55. The second kappa shape index (κ2) is 2.73. The van der Waals surface area contributed by atoms with Crippen molar-refractivity contribution in [1.82, 2.24) is 0 Å². The Balaban J connectivity index is 2.54. The maximum atomic E-state index is 9.48. The lowest BCUT2D eigenvalue weighted by Gasteiger charge is -2.19. The summed E-state index contributed by atoms with van der Waals surface area (Å²) in [6, 6.07) is 7.36. The van der Waals surface area contributed by atoms with Gasteiger partial charge in [-0.15, -0.1) is 0 Å². The van der Waals surface area contributed by atoms with E-state index in [4.69, 9.17) is 0 Å². The zero-order valence-electron chi connectivity index (χ0n) is 6.51. The highest BCUT2D eigenvalue weighted by Crippen LogP contribution is 2.30. The summed E-state index contributed by atoms with van der Waals surface area (Å²) >= 11 is 0. The van der Waals surface area contributed by atoms with Gasteiger partial charge in [0.25, 0.3) is 0 Å². The van der Waals surface area contributed by atoms with E-state index in [1.54, 1.807) is 12.2 Å². The highest BCUT2D eigenvalue weighted by molar-refractivity contribution is 5.38. The molecule has 0 aliphatic heterocycles. The molecule has 2 heteroatoms. The van der Waals surface area contributed by atoms with Crippen molar-refractivity contribution in [2.24, 2.45) is 0 Å². The predicted octanol–water partition coefficient (Wildman–Crippen LogP) is 1.32. The SMILES string of the molecule is OC1C=CC(O)c2ccccc21. The first-order valence-electron chi connectivity index (χ1n) is 3.92. The van der Waals surface area contributed by atoms with Gasteiger partial charge < -0.3 is 10.2 Å². The Bertz CT molecular complexity index is 286. The molecule has 1 aromatic rings. The van der Waals surface area contributed by atoms with Gasteiger partial charge in [-0.2, -0.15) is 0 Å². The van der Waals surface area contributed by atoms with Crippen LogP contribution in [0.5, 0.6) is 0 Å². The van der Waals surface area contributed by atoms with Crippen LogP contribution in [0.25, 0.3) is 0 Å². The quantitative estimate of drug-likeness (QED) is 0.565. The minimum Gasteiger partial charge on any atom is -0.384 e. The van der Waals surface area contributed by atoms with Crippen molar-refractivity contribution >= 4 is 0 Å². The van der Waals surface area contributed by atoms with Gasteiger partial charge in [-0.25, -0.2) is 0 Å². The van der Waals surface area contributed by atoms with E-state index in [9.17, 15) is 10.2 Å². The van der Waals surface area contributed by atoms with Crippen LogP contribution in [0.2, 0.25) is 0 Å². The highest BCUT2D eigenvalue weighted by Gasteiger charge is 2.18. The van der Waals surface area contributed by atoms with Gasteiger partial charge in [-0.1, -0.05) is 36.4 Å². The summed E-state index contributed by atoms with van der Waals surface area (Å²) in [5.41, 5.74) is 1.60. The van der Waals surface area contributed by atoms with Crippen LogP contribution in [0.15, 0.2) is 36.4 Å². The van der Waals surface area contributed by atoms with Gasteiger partial charge >= 0.3 is 0 Å². The molecule has 12 heavy (non-hydrogen) atoms. The first-order valence-corrected chi connectivity index (χ1v) is 3.92. The summed E-state index contributed by atoms with van der Waals surface area (Å²) in [7, 11) is 0. The van der Waals surface area contributed by atoms with Crippen LogP contribution in [0.3, 0.4) is 0 Å². The van der Waals surface area contributed by atoms with E-state index in [1.165, 1.54) is 0 Å². The fourth-order valence-electron chi connectivity index (χ4n) is 1.47. The molecule has 0 heterocycles. The van der Waals surface area contributed by atoms with Crippen LogP contribution in [-0.2, 0) is 0 Å². The molecule has 2 N–H and O–H groups in total. The van der Waals surface area contributed by atoms with Crippen LogP contribution >= 0.6 is 0 Å². The molecule has 2 atom stereocenters. The lowest BCUT2D eigenvalue weighted by molar-refractivity contribution is 0.188. The molecule has 0 spiro atoms. The van der Waals surface area contributed by atoms with E-state index in [0.29, 0.717) is 0 Å². The Morgan fingerprint density at radius 1 is 0.833 bits per heavy atom. The van der Waals surface area contributed by atoms with Crippen LogP contribution in [0, 0.1) is 0 Å².